The molecule has 0 radical (unpaired) electrons. The van der Waals surface area contributed by atoms with E-state index in [1.807, 2.05) is 24.1 Å². The molecule has 3 heteroatoms. The third kappa shape index (κ3) is 4.43. The van der Waals surface area contributed by atoms with Crippen LogP contribution in [0.1, 0.15) is 25.8 Å². The molecule has 0 aliphatic heterocycles. The number of pyridine rings is 1. The summed E-state index contributed by atoms with van der Waals surface area (Å²) in [5.41, 5.74) is 1.17. The number of carbonyl (C=O) groups is 1. The van der Waals surface area contributed by atoms with Crippen molar-refractivity contribution in [2.45, 2.75) is 26.7 Å². The van der Waals surface area contributed by atoms with Gasteiger partial charge in [0.05, 0.1) is 0 Å². The Balaban J connectivity index is 2.35. The molecule has 0 saturated carbocycles. The van der Waals surface area contributed by atoms with Crippen LogP contribution in [-0.4, -0.2) is 29.4 Å². The maximum Gasteiger partial charge on any atom is 0.222 e. The molecular weight excluding hydrogens is 200 g/mol. The third-order valence-corrected chi connectivity index (χ3v) is 2.44. The molecule has 0 unspecified atom stereocenters. The first kappa shape index (κ1) is 12.7. The van der Waals surface area contributed by atoms with E-state index in [2.05, 4.69) is 18.8 Å². The number of aryl methyl sites for hydroxylation is 1. The molecule has 0 saturated heterocycles. The van der Waals surface area contributed by atoms with Crippen LogP contribution in [0.25, 0.3) is 0 Å². The highest BCUT2D eigenvalue weighted by Crippen LogP contribution is 2.04. The van der Waals surface area contributed by atoms with Crippen molar-refractivity contribution in [2.75, 3.05) is 13.6 Å². The standard InChI is InChI=1S/C13H20N2O/c1-11(2)10-15(3)13(16)5-4-12-6-8-14-9-7-12/h6-9,11H,4-5,10H2,1-3H3. The molecule has 0 bridgehead atoms. The molecule has 1 rings (SSSR count). The van der Waals surface area contributed by atoms with Gasteiger partial charge in [0.2, 0.25) is 5.91 Å². The minimum atomic E-state index is 0.213. The number of carbonyl (C=O) groups excluding carboxylic acids is 1. The summed E-state index contributed by atoms with van der Waals surface area (Å²) >= 11 is 0. The van der Waals surface area contributed by atoms with Crippen LogP contribution in [0.5, 0.6) is 0 Å². The van der Waals surface area contributed by atoms with Gasteiger partial charge in [0.1, 0.15) is 0 Å². The summed E-state index contributed by atoms with van der Waals surface area (Å²) in [7, 11) is 1.87. The van der Waals surface area contributed by atoms with Gasteiger partial charge >= 0.3 is 0 Å². The van der Waals surface area contributed by atoms with Crippen molar-refractivity contribution in [3.63, 3.8) is 0 Å². The first-order chi connectivity index (χ1) is 7.59. The van der Waals surface area contributed by atoms with Gasteiger partial charge in [0.15, 0.2) is 0 Å². The Hall–Kier alpha value is -1.38. The summed E-state index contributed by atoms with van der Waals surface area (Å²) in [5, 5.41) is 0. The zero-order chi connectivity index (χ0) is 12.0. The first-order valence-corrected chi connectivity index (χ1v) is 5.72. The van der Waals surface area contributed by atoms with Crippen LogP contribution in [0.2, 0.25) is 0 Å². The van der Waals surface area contributed by atoms with E-state index in [1.54, 1.807) is 12.4 Å². The summed E-state index contributed by atoms with van der Waals surface area (Å²) in [6, 6.07) is 3.91. The lowest BCUT2D eigenvalue weighted by Crippen LogP contribution is -2.30. The quantitative estimate of drug-likeness (QED) is 0.761. The number of hydrogen-bond acceptors (Lipinski definition) is 2. The second-order valence-electron chi connectivity index (χ2n) is 4.52. The first-order valence-electron chi connectivity index (χ1n) is 5.72. The van der Waals surface area contributed by atoms with Crippen molar-refractivity contribution in [2.24, 2.45) is 5.92 Å². The van der Waals surface area contributed by atoms with Crippen LogP contribution in [0, 0.1) is 5.92 Å². The van der Waals surface area contributed by atoms with Gasteiger partial charge in [-0.05, 0) is 30.0 Å². The monoisotopic (exact) mass is 220 g/mol. The second kappa shape index (κ2) is 6.26. The molecular formula is C13H20N2O. The minimum Gasteiger partial charge on any atom is -0.345 e. The Labute approximate surface area is 97.5 Å². The van der Waals surface area contributed by atoms with Crippen LogP contribution >= 0.6 is 0 Å². The van der Waals surface area contributed by atoms with Gasteiger partial charge < -0.3 is 4.90 Å². The lowest BCUT2D eigenvalue weighted by molar-refractivity contribution is -0.130. The lowest BCUT2D eigenvalue weighted by atomic mass is 10.1. The average Bonchev–Trinajstić information content (AvgIpc) is 2.26. The topological polar surface area (TPSA) is 33.2 Å². The maximum atomic E-state index is 11.8. The lowest BCUT2D eigenvalue weighted by Gasteiger charge is -2.19. The molecule has 0 fully saturated rings. The van der Waals surface area contributed by atoms with E-state index in [-0.39, 0.29) is 5.91 Å². The molecule has 1 aromatic rings. The van der Waals surface area contributed by atoms with E-state index < -0.39 is 0 Å². The molecule has 88 valence electrons. The largest absolute Gasteiger partial charge is 0.345 e. The van der Waals surface area contributed by atoms with E-state index in [4.69, 9.17) is 0 Å². The van der Waals surface area contributed by atoms with Gasteiger partial charge in [-0.2, -0.15) is 0 Å². The van der Waals surface area contributed by atoms with Crippen LogP contribution in [0.4, 0.5) is 0 Å². The Morgan fingerprint density at radius 1 is 1.38 bits per heavy atom. The number of nitrogens with zero attached hydrogens (tertiary/aromatic N) is 2. The fraction of sp³-hybridized carbons (Fsp3) is 0.538. The molecule has 0 spiro atoms. The predicted molar refractivity (Wildman–Crippen MR) is 65.0 cm³/mol. The Morgan fingerprint density at radius 3 is 2.56 bits per heavy atom. The van der Waals surface area contributed by atoms with Gasteiger partial charge in [-0.15, -0.1) is 0 Å². The van der Waals surface area contributed by atoms with Crippen molar-refractivity contribution >= 4 is 5.91 Å². The number of amides is 1. The smallest absolute Gasteiger partial charge is 0.222 e. The fourth-order valence-electron chi connectivity index (χ4n) is 1.64. The molecule has 0 aliphatic rings. The van der Waals surface area contributed by atoms with E-state index in [1.165, 1.54) is 5.56 Å². The van der Waals surface area contributed by atoms with Crippen molar-refractivity contribution in [1.29, 1.82) is 0 Å². The fourth-order valence-corrected chi connectivity index (χ4v) is 1.64. The molecule has 0 aromatic carbocycles. The SMILES string of the molecule is CC(C)CN(C)C(=O)CCc1ccncc1. The summed E-state index contributed by atoms with van der Waals surface area (Å²) in [4.78, 5) is 17.5. The zero-order valence-corrected chi connectivity index (χ0v) is 10.3. The summed E-state index contributed by atoms with van der Waals surface area (Å²) in [6.07, 6.45) is 4.90. The normalized spacial score (nSPS) is 10.5. The van der Waals surface area contributed by atoms with Crippen molar-refractivity contribution in [1.82, 2.24) is 9.88 Å². The molecule has 0 atom stereocenters. The molecule has 1 aromatic heterocycles. The van der Waals surface area contributed by atoms with Crippen LogP contribution in [0.15, 0.2) is 24.5 Å². The summed E-state index contributed by atoms with van der Waals surface area (Å²) < 4.78 is 0. The number of rotatable bonds is 5. The van der Waals surface area contributed by atoms with E-state index in [0.717, 1.165) is 13.0 Å². The molecule has 0 N–H and O–H groups in total. The molecule has 0 aliphatic carbocycles. The highest BCUT2D eigenvalue weighted by Gasteiger charge is 2.09. The van der Waals surface area contributed by atoms with Crippen molar-refractivity contribution in [3.05, 3.63) is 30.1 Å². The average molecular weight is 220 g/mol. The molecule has 3 nitrogen and oxygen atoms in total. The maximum absolute atomic E-state index is 11.8. The minimum absolute atomic E-state index is 0.213. The zero-order valence-electron chi connectivity index (χ0n) is 10.3. The Kier molecular flexibility index (Phi) is 4.96. The van der Waals surface area contributed by atoms with E-state index in [0.29, 0.717) is 12.3 Å². The van der Waals surface area contributed by atoms with Gasteiger partial charge in [-0.25, -0.2) is 0 Å². The Bertz CT molecular complexity index is 322. The van der Waals surface area contributed by atoms with Crippen LogP contribution < -0.4 is 0 Å². The molecule has 1 amide bonds. The highest BCUT2D eigenvalue weighted by atomic mass is 16.2. The Morgan fingerprint density at radius 2 is 2.00 bits per heavy atom. The van der Waals surface area contributed by atoms with Crippen LogP contribution in [-0.2, 0) is 11.2 Å². The third-order valence-electron chi connectivity index (χ3n) is 2.44. The van der Waals surface area contributed by atoms with Gasteiger partial charge in [0, 0.05) is 32.4 Å². The summed E-state index contributed by atoms with van der Waals surface area (Å²) in [5.74, 6) is 0.736. The van der Waals surface area contributed by atoms with Crippen LogP contribution in [0.3, 0.4) is 0 Å². The van der Waals surface area contributed by atoms with E-state index >= 15 is 0 Å². The highest BCUT2D eigenvalue weighted by molar-refractivity contribution is 5.76. The number of hydrogen-bond donors (Lipinski definition) is 0. The molecule has 16 heavy (non-hydrogen) atoms. The van der Waals surface area contributed by atoms with E-state index in [9.17, 15) is 4.79 Å². The van der Waals surface area contributed by atoms with Crippen molar-refractivity contribution in [3.8, 4) is 0 Å². The van der Waals surface area contributed by atoms with Gasteiger partial charge in [-0.1, -0.05) is 13.8 Å². The predicted octanol–water partition coefficient (Wildman–Crippen LogP) is 2.13. The van der Waals surface area contributed by atoms with Gasteiger partial charge in [-0.3, -0.25) is 9.78 Å². The molecule has 1 heterocycles. The number of aromatic nitrogens is 1. The second-order valence-corrected chi connectivity index (χ2v) is 4.52. The van der Waals surface area contributed by atoms with Crippen molar-refractivity contribution < 1.29 is 4.79 Å². The van der Waals surface area contributed by atoms with Gasteiger partial charge in [0.25, 0.3) is 0 Å². The summed E-state index contributed by atoms with van der Waals surface area (Å²) in [6.45, 7) is 5.06.